The molecule has 0 fully saturated rings. The van der Waals surface area contributed by atoms with Crippen molar-refractivity contribution in [2.75, 3.05) is 5.73 Å². The van der Waals surface area contributed by atoms with Gasteiger partial charge in [0.15, 0.2) is 0 Å². The first-order valence-electron chi connectivity index (χ1n) is 9.76. The number of nitrogens with two attached hydrogens (primary N) is 1. The molecule has 0 radical (unpaired) electrons. The molecule has 1 heterocycles. The maximum atomic E-state index is 11.5. The molecule has 0 spiro atoms. The lowest BCUT2D eigenvalue weighted by Gasteiger charge is -2.32. The van der Waals surface area contributed by atoms with Gasteiger partial charge in [-0.1, -0.05) is 65.8 Å². The van der Waals surface area contributed by atoms with E-state index in [0.29, 0.717) is 5.82 Å². The fourth-order valence-corrected chi connectivity index (χ4v) is 3.54. The SMILES string of the molecule is CC(C)(C)c1cc(N)n(-c2cc(C(NC(=O)O)C(C)(C)C)c3ccccc3c2)n1. The average Bonchev–Trinajstić information content (AvgIpc) is 3.00. The molecule has 1 amide bonds. The van der Waals surface area contributed by atoms with Gasteiger partial charge in [-0.3, -0.25) is 0 Å². The number of rotatable bonds is 3. The van der Waals surface area contributed by atoms with Crippen LogP contribution in [0.2, 0.25) is 0 Å². The molecule has 4 N–H and O–H groups in total. The molecule has 3 aromatic rings. The zero-order valence-electron chi connectivity index (χ0n) is 17.9. The molecule has 0 aliphatic rings. The standard InChI is InChI=1S/C23H30N4O2/c1-22(2,3)18-13-19(24)27(26-18)15-11-14-9-7-8-10-16(14)17(12-15)20(23(4,5)6)25-21(28)29/h7-13,20,25H,24H2,1-6H3,(H,28,29). The molecule has 1 atom stereocenters. The smallest absolute Gasteiger partial charge is 0.405 e. The fourth-order valence-electron chi connectivity index (χ4n) is 3.54. The van der Waals surface area contributed by atoms with Crippen molar-refractivity contribution in [2.24, 2.45) is 5.41 Å². The predicted molar refractivity (Wildman–Crippen MR) is 118 cm³/mol. The quantitative estimate of drug-likeness (QED) is 0.565. The van der Waals surface area contributed by atoms with Crippen molar-refractivity contribution < 1.29 is 9.90 Å². The third-order valence-electron chi connectivity index (χ3n) is 5.07. The summed E-state index contributed by atoms with van der Waals surface area (Å²) in [5.41, 5.74) is 8.46. The summed E-state index contributed by atoms with van der Waals surface area (Å²) in [4.78, 5) is 11.5. The van der Waals surface area contributed by atoms with E-state index in [-0.39, 0.29) is 10.8 Å². The highest BCUT2D eigenvalue weighted by molar-refractivity contribution is 5.89. The molecule has 6 nitrogen and oxygen atoms in total. The number of nitrogens with zero attached hydrogens (tertiary/aromatic N) is 2. The highest BCUT2D eigenvalue weighted by Crippen LogP contribution is 2.38. The largest absolute Gasteiger partial charge is 0.465 e. The number of hydrogen-bond acceptors (Lipinski definition) is 3. The molecule has 6 heteroatoms. The first kappa shape index (κ1) is 20.7. The van der Waals surface area contributed by atoms with Gasteiger partial charge in [0.2, 0.25) is 0 Å². The van der Waals surface area contributed by atoms with Crippen molar-refractivity contribution in [3.63, 3.8) is 0 Å². The second-order valence-electron chi connectivity index (χ2n) is 9.62. The van der Waals surface area contributed by atoms with Gasteiger partial charge in [-0.2, -0.15) is 5.10 Å². The zero-order valence-corrected chi connectivity index (χ0v) is 17.9. The van der Waals surface area contributed by atoms with E-state index in [1.807, 2.05) is 63.2 Å². The summed E-state index contributed by atoms with van der Waals surface area (Å²) >= 11 is 0. The van der Waals surface area contributed by atoms with E-state index < -0.39 is 12.1 Å². The second-order valence-corrected chi connectivity index (χ2v) is 9.62. The Morgan fingerprint density at radius 2 is 1.76 bits per heavy atom. The van der Waals surface area contributed by atoms with Crippen LogP contribution >= 0.6 is 0 Å². The highest BCUT2D eigenvalue weighted by atomic mass is 16.4. The van der Waals surface area contributed by atoms with Crippen LogP contribution in [-0.4, -0.2) is 21.0 Å². The number of amides is 1. The normalized spacial score (nSPS) is 13.4. The van der Waals surface area contributed by atoms with Crippen molar-refractivity contribution in [3.05, 3.63) is 53.7 Å². The Labute approximate surface area is 171 Å². The predicted octanol–water partition coefficient (Wildman–Crippen LogP) is 5.26. The average molecular weight is 395 g/mol. The maximum absolute atomic E-state index is 11.5. The van der Waals surface area contributed by atoms with Crippen LogP contribution in [0.5, 0.6) is 0 Å². The van der Waals surface area contributed by atoms with E-state index in [1.54, 1.807) is 4.68 Å². The van der Waals surface area contributed by atoms with Gasteiger partial charge >= 0.3 is 6.09 Å². The zero-order chi connectivity index (χ0) is 21.6. The summed E-state index contributed by atoms with van der Waals surface area (Å²) in [7, 11) is 0. The number of benzene rings is 2. The van der Waals surface area contributed by atoms with Crippen molar-refractivity contribution in [1.29, 1.82) is 0 Å². The molecule has 1 unspecified atom stereocenters. The first-order valence-corrected chi connectivity index (χ1v) is 9.76. The summed E-state index contributed by atoms with van der Waals surface area (Å²) in [6, 6.07) is 13.5. The number of aromatic nitrogens is 2. The monoisotopic (exact) mass is 394 g/mol. The number of carbonyl (C=O) groups is 1. The van der Waals surface area contributed by atoms with E-state index in [4.69, 9.17) is 10.8 Å². The van der Waals surface area contributed by atoms with Gasteiger partial charge < -0.3 is 16.2 Å². The third-order valence-corrected chi connectivity index (χ3v) is 5.07. The molecular formula is C23H30N4O2. The van der Waals surface area contributed by atoms with Crippen molar-refractivity contribution in [3.8, 4) is 5.69 Å². The van der Waals surface area contributed by atoms with Crippen LogP contribution in [0.4, 0.5) is 10.6 Å². The van der Waals surface area contributed by atoms with Crippen LogP contribution in [0.15, 0.2) is 42.5 Å². The van der Waals surface area contributed by atoms with Crippen molar-refractivity contribution in [1.82, 2.24) is 15.1 Å². The maximum Gasteiger partial charge on any atom is 0.405 e. The Kier molecular flexibility index (Phi) is 5.07. The first-order chi connectivity index (χ1) is 13.4. The molecule has 154 valence electrons. The summed E-state index contributed by atoms with van der Waals surface area (Å²) in [6.07, 6.45) is -1.05. The molecule has 0 saturated heterocycles. The van der Waals surface area contributed by atoms with Crippen LogP contribution in [-0.2, 0) is 5.41 Å². The Morgan fingerprint density at radius 1 is 1.10 bits per heavy atom. The lowest BCUT2D eigenvalue weighted by molar-refractivity contribution is 0.175. The van der Waals surface area contributed by atoms with E-state index >= 15 is 0 Å². The number of hydrogen-bond donors (Lipinski definition) is 3. The van der Waals surface area contributed by atoms with Crippen LogP contribution in [0, 0.1) is 5.41 Å². The Hall–Kier alpha value is -3.02. The van der Waals surface area contributed by atoms with Gasteiger partial charge in [-0.25, -0.2) is 9.48 Å². The summed E-state index contributed by atoms with van der Waals surface area (Å²) in [5.74, 6) is 0.551. The van der Waals surface area contributed by atoms with Crippen LogP contribution in [0.1, 0.15) is 58.8 Å². The molecule has 2 aromatic carbocycles. The van der Waals surface area contributed by atoms with Crippen molar-refractivity contribution in [2.45, 2.75) is 53.0 Å². The highest BCUT2D eigenvalue weighted by Gasteiger charge is 2.30. The third kappa shape index (κ3) is 4.21. The van der Waals surface area contributed by atoms with E-state index in [0.717, 1.165) is 27.7 Å². The molecule has 0 aliphatic carbocycles. The molecule has 0 aliphatic heterocycles. The minimum absolute atomic E-state index is 0.127. The minimum Gasteiger partial charge on any atom is -0.465 e. The Morgan fingerprint density at radius 3 is 2.31 bits per heavy atom. The minimum atomic E-state index is -1.05. The topological polar surface area (TPSA) is 93.2 Å². The molecule has 3 rings (SSSR count). The molecule has 29 heavy (non-hydrogen) atoms. The van der Waals surface area contributed by atoms with Gasteiger partial charge in [-0.15, -0.1) is 0 Å². The van der Waals surface area contributed by atoms with Gasteiger partial charge in [0.25, 0.3) is 0 Å². The van der Waals surface area contributed by atoms with E-state index in [9.17, 15) is 9.90 Å². The lowest BCUT2D eigenvalue weighted by Crippen LogP contribution is -2.35. The second kappa shape index (κ2) is 7.10. The van der Waals surface area contributed by atoms with Gasteiger partial charge in [0.1, 0.15) is 5.82 Å². The molecule has 1 aromatic heterocycles. The summed E-state index contributed by atoms with van der Waals surface area (Å²) < 4.78 is 1.73. The fraction of sp³-hybridized carbons (Fsp3) is 0.391. The lowest BCUT2D eigenvalue weighted by atomic mass is 9.80. The van der Waals surface area contributed by atoms with Gasteiger partial charge in [0.05, 0.1) is 17.4 Å². The number of fused-ring (bicyclic) bond motifs is 1. The summed E-state index contributed by atoms with van der Waals surface area (Å²) in [5, 5.41) is 18.9. The summed E-state index contributed by atoms with van der Waals surface area (Å²) in [6.45, 7) is 12.4. The number of nitrogen functional groups attached to an aromatic ring is 1. The van der Waals surface area contributed by atoms with Gasteiger partial charge in [0, 0.05) is 11.5 Å². The Bertz CT molecular complexity index is 1050. The van der Waals surface area contributed by atoms with Crippen LogP contribution < -0.4 is 11.1 Å². The molecule has 0 bridgehead atoms. The molecule has 0 saturated carbocycles. The Balaban J connectivity index is 2.27. The van der Waals surface area contributed by atoms with Crippen molar-refractivity contribution >= 4 is 22.7 Å². The van der Waals surface area contributed by atoms with Gasteiger partial charge in [-0.05, 0) is 33.9 Å². The molecular weight excluding hydrogens is 364 g/mol. The van der Waals surface area contributed by atoms with E-state index in [2.05, 4.69) is 26.1 Å². The van der Waals surface area contributed by atoms with E-state index in [1.165, 1.54) is 0 Å². The van der Waals surface area contributed by atoms with Crippen LogP contribution in [0.25, 0.3) is 16.5 Å². The van der Waals surface area contributed by atoms with Crippen LogP contribution in [0.3, 0.4) is 0 Å². The number of carboxylic acid groups (broad SMARTS) is 1. The number of nitrogens with one attached hydrogen (secondary N) is 1. The number of anilines is 1.